The number of unbranched alkanes of at least 4 members (excludes halogenated alkanes) is 3. The van der Waals surface area contributed by atoms with E-state index in [2.05, 4.69) is 12.2 Å². The number of anilines is 1. The maximum atomic E-state index is 12.8. The van der Waals surface area contributed by atoms with Gasteiger partial charge in [-0.25, -0.2) is 4.90 Å². The minimum atomic E-state index is -0.549. The number of fused-ring (bicyclic) bond motifs is 1. The highest BCUT2D eigenvalue weighted by atomic mass is 16.7. The first-order valence-corrected chi connectivity index (χ1v) is 10.9. The lowest BCUT2D eigenvalue weighted by Crippen LogP contribution is -2.38. The molecule has 7 nitrogen and oxygen atoms in total. The van der Waals surface area contributed by atoms with Gasteiger partial charge in [0.05, 0.1) is 24.8 Å². The SMILES string of the molecule is CCCCCCOc1ccc(N2C(=O)CC(NCc3ccc4c(c3)OCO4)C2=O)cc1. The van der Waals surface area contributed by atoms with E-state index < -0.39 is 6.04 Å². The molecular formula is C24H28N2O5. The van der Waals surface area contributed by atoms with E-state index in [1.807, 2.05) is 30.3 Å². The summed E-state index contributed by atoms with van der Waals surface area (Å²) in [7, 11) is 0. The average molecular weight is 424 g/mol. The molecule has 2 aromatic carbocycles. The Morgan fingerprint density at radius 1 is 1.03 bits per heavy atom. The third kappa shape index (κ3) is 4.99. The van der Waals surface area contributed by atoms with Crippen LogP contribution >= 0.6 is 0 Å². The van der Waals surface area contributed by atoms with Crippen LogP contribution in [0.2, 0.25) is 0 Å². The second-order valence-corrected chi connectivity index (χ2v) is 7.80. The van der Waals surface area contributed by atoms with Gasteiger partial charge in [0.15, 0.2) is 11.5 Å². The summed E-state index contributed by atoms with van der Waals surface area (Å²) in [6.07, 6.45) is 4.73. The van der Waals surface area contributed by atoms with Crippen molar-refractivity contribution in [1.82, 2.24) is 5.32 Å². The summed E-state index contributed by atoms with van der Waals surface area (Å²) in [4.78, 5) is 26.6. The number of rotatable bonds is 10. The van der Waals surface area contributed by atoms with Gasteiger partial charge in [0, 0.05) is 6.54 Å². The summed E-state index contributed by atoms with van der Waals surface area (Å²) in [5.41, 5.74) is 1.53. The number of ether oxygens (including phenoxy) is 3. The van der Waals surface area contributed by atoms with Gasteiger partial charge in [-0.15, -0.1) is 0 Å². The summed E-state index contributed by atoms with van der Waals surface area (Å²) in [6.45, 7) is 3.53. The molecule has 1 fully saturated rings. The molecule has 2 aromatic rings. The summed E-state index contributed by atoms with van der Waals surface area (Å²) in [6, 6.07) is 12.2. The fourth-order valence-electron chi connectivity index (χ4n) is 3.76. The molecule has 1 saturated heterocycles. The van der Waals surface area contributed by atoms with Gasteiger partial charge < -0.3 is 19.5 Å². The Kier molecular flexibility index (Phi) is 6.72. The van der Waals surface area contributed by atoms with E-state index in [4.69, 9.17) is 14.2 Å². The maximum absolute atomic E-state index is 12.8. The van der Waals surface area contributed by atoms with Gasteiger partial charge in [-0.05, 0) is 48.4 Å². The number of carbonyl (C=O) groups excluding carboxylic acids is 2. The molecule has 0 radical (unpaired) electrons. The van der Waals surface area contributed by atoms with Gasteiger partial charge in [-0.2, -0.15) is 0 Å². The lowest BCUT2D eigenvalue weighted by atomic mass is 10.1. The predicted octanol–water partition coefficient (Wildman–Crippen LogP) is 3.80. The van der Waals surface area contributed by atoms with Crippen LogP contribution in [0.5, 0.6) is 17.2 Å². The molecule has 7 heteroatoms. The quantitative estimate of drug-likeness (QED) is 0.462. The van der Waals surface area contributed by atoms with Crippen molar-refractivity contribution in [3.8, 4) is 17.2 Å². The first kappa shape index (κ1) is 21.2. The second kappa shape index (κ2) is 9.83. The molecule has 2 aliphatic heterocycles. The van der Waals surface area contributed by atoms with Crippen LogP contribution in [-0.2, 0) is 16.1 Å². The molecule has 1 N–H and O–H groups in total. The van der Waals surface area contributed by atoms with Crippen molar-refractivity contribution in [2.24, 2.45) is 0 Å². The van der Waals surface area contributed by atoms with E-state index in [1.54, 1.807) is 12.1 Å². The van der Waals surface area contributed by atoms with Crippen LogP contribution in [-0.4, -0.2) is 31.3 Å². The predicted molar refractivity (Wildman–Crippen MR) is 116 cm³/mol. The number of nitrogens with zero attached hydrogens (tertiary/aromatic N) is 1. The summed E-state index contributed by atoms with van der Waals surface area (Å²) in [5, 5.41) is 3.19. The average Bonchev–Trinajstić information content (AvgIpc) is 3.36. The van der Waals surface area contributed by atoms with E-state index in [0.717, 1.165) is 29.9 Å². The van der Waals surface area contributed by atoms with E-state index in [9.17, 15) is 9.59 Å². The first-order valence-electron chi connectivity index (χ1n) is 10.9. The van der Waals surface area contributed by atoms with Crippen molar-refractivity contribution in [2.45, 2.75) is 51.6 Å². The Balaban J connectivity index is 1.31. The molecule has 2 aliphatic rings. The van der Waals surface area contributed by atoms with E-state index >= 15 is 0 Å². The van der Waals surface area contributed by atoms with Crippen molar-refractivity contribution < 1.29 is 23.8 Å². The molecule has 0 spiro atoms. The van der Waals surface area contributed by atoms with Crippen molar-refractivity contribution >= 4 is 17.5 Å². The van der Waals surface area contributed by atoms with Crippen LogP contribution < -0.4 is 24.4 Å². The number of hydrogen-bond donors (Lipinski definition) is 1. The normalized spacial score (nSPS) is 17.5. The molecule has 0 bridgehead atoms. The third-order valence-electron chi connectivity index (χ3n) is 5.50. The fraction of sp³-hybridized carbons (Fsp3) is 0.417. The van der Waals surface area contributed by atoms with Crippen LogP contribution in [0, 0.1) is 0 Å². The summed E-state index contributed by atoms with van der Waals surface area (Å²) in [5.74, 6) is 1.72. The highest BCUT2D eigenvalue weighted by molar-refractivity contribution is 6.22. The zero-order valence-corrected chi connectivity index (χ0v) is 17.8. The molecule has 31 heavy (non-hydrogen) atoms. The topological polar surface area (TPSA) is 77.1 Å². The van der Waals surface area contributed by atoms with Crippen LogP contribution in [0.1, 0.15) is 44.6 Å². The second-order valence-electron chi connectivity index (χ2n) is 7.80. The Morgan fingerprint density at radius 3 is 2.65 bits per heavy atom. The zero-order valence-electron chi connectivity index (χ0n) is 17.8. The Hall–Kier alpha value is -3.06. The van der Waals surface area contributed by atoms with Gasteiger partial charge in [0.25, 0.3) is 5.91 Å². The van der Waals surface area contributed by atoms with Gasteiger partial charge in [-0.1, -0.05) is 32.3 Å². The van der Waals surface area contributed by atoms with Crippen molar-refractivity contribution in [3.05, 3.63) is 48.0 Å². The van der Waals surface area contributed by atoms with Crippen molar-refractivity contribution in [3.63, 3.8) is 0 Å². The van der Waals surface area contributed by atoms with Crippen LogP contribution in [0.15, 0.2) is 42.5 Å². The lowest BCUT2D eigenvalue weighted by molar-refractivity contribution is -0.121. The number of amides is 2. The van der Waals surface area contributed by atoms with E-state index in [0.29, 0.717) is 24.6 Å². The fourth-order valence-corrected chi connectivity index (χ4v) is 3.76. The Morgan fingerprint density at radius 2 is 1.84 bits per heavy atom. The summed E-state index contributed by atoms with van der Waals surface area (Å²) >= 11 is 0. The number of benzene rings is 2. The smallest absolute Gasteiger partial charge is 0.251 e. The molecule has 1 unspecified atom stereocenters. The number of carbonyl (C=O) groups is 2. The molecular weight excluding hydrogens is 396 g/mol. The Bertz CT molecular complexity index is 928. The number of imide groups is 1. The molecule has 2 heterocycles. The standard InChI is InChI=1S/C24H28N2O5/c1-2-3-4-5-12-29-19-9-7-18(8-10-19)26-23(27)14-20(24(26)28)25-15-17-6-11-21-22(13-17)31-16-30-21/h6-11,13,20,25H,2-5,12,14-16H2,1H3. The minimum absolute atomic E-state index is 0.138. The van der Waals surface area contributed by atoms with Crippen LogP contribution in [0.3, 0.4) is 0 Å². The van der Waals surface area contributed by atoms with E-state index in [1.165, 1.54) is 17.7 Å². The van der Waals surface area contributed by atoms with Crippen molar-refractivity contribution in [2.75, 3.05) is 18.3 Å². The maximum Gasteiger partial charge on any atom is 0.251 e. The molecule has 0 aromatic heterocycles. The molecule has 164 valence electrons. The van der Waals surface area contributed by atoms with Crippen LogP contribution in [0.4, 0.5) is 5.69 Å². The molecule has 2 amide bonds. The number of nitrogens with one attached hydrogen (secondary N) is 1. The van der Waals surface area contributed by atoms with Gasteiger partial charge in [0.2, 0.25) is 12.7 Å². The highest BCUT2D eigenvalue weighted by Gasteiger charge is 2.39. The molecule has 0 saturated carbocycles. The monoisotopic (exact) mass is 424 g/mol. The zero-order chi connectivity index (χ0) is 21.6. The molecule has 1 atom stereocenters. The van der Waals surface area contributed by atoms with Crippen molar-refractivity contribution in [1.29, 1.82) is 0 Å². The third-order valence-corrected chi connectivity index (χ3v) is 5.50. The number of hydrogen-bond acceptors (Lipinski definition) is 6. The van der Waals surface area contributed by atoms with Gasteiger partial charge in [0.1, 0.15) is 5.75 Å². The van der Waals surface area contributed by atoms with Gasteiger partial charge >= 0.3 is 0 Å². The minimum Gasteiger partial charge on any atom is -0.494 e. The van der Waals surface area contributed by atoms with Gasteiger partial charge in [-0.3, -0.25) is 9.59 Å². The largest absolute Gasteiger partial charge is 0.494 e. The Labute approximate surface area is 182 Å². The molecule has 0 aliphatic carbocycles. The van der Waals surface area contributed by atoms with E-state index in [-0.39, 0.29) is 25.0 Å². The van der Waals surface area contributed by atoms with Crippen LogP contribution in [0.25, 0.3) is 0 Å². The first-order chi connectivity index (χ1) is 15.2. The molecule has 4 rings (SSSR count). The lowest BCUT2D eigenvalue weighted by Gasteiger charge is -2.16. The summed E-state index contributed by atoms with van der Waals surface area (Å²) < 4.78 is 16.4. The highest BCUT2D eigenvalue weighted by Crippen LogP contribution is 2.32.